The van der Waals surface area contributed by atoms with Crippen LogP contribution in [0.4, 0.5) is 5.69 Å². The highest BCUT2D eigenvalue weighted by Gasteiger charge is 2.28. The maximum atomic E-state index is 12.3. The summed E-state index contributed by atoms with van der Waals surface area (Å²) in [6.07, 6.45) is 1.41. The van der Waals surface area contributed by atoms with Crippen LogP contribution >= 0.6 is 0 Å². The molecule has 1 N–H and O–H groups in total. The van der Waals surface area contributed by atoms with Crippen LogP contribution in [0, 0.1) is 10.1 Å². The molecule has 0 fully saturated rings. The van der Waals surface area contributed by atoms with E-state index in [2.05, 4.69) is 0 Å². The lowest BCUT2D eigenvalue weighted by atomic mass is 10.1. The summed E-state index contributed by atoms with van der Waals surface area (Å²) in [7, 11) is 0. The second-order valence-electron chi connectivity index (χ2n) is 5.13. The van der Waals surface area contributed by atoms with Gasteiger partial charge in [0.05, 0.1) is 10.5 Å². The number of nitro groups is 1. The van der Waals surface area contributed by atoms with Crippen molar-refractivity contribution in [3.05, 3.63) is 69.5 Å². The first-order valence-corrected chi connectivity index (χ1v) is 7.11. The predicted octanol–water partition coefficient (Wildman–Crippen LogP) is 2.67. The molecule has 0 spiro atoms. The highest BCUT2D eigenvalue weighted by atomic mass is 16.6. The Morgan fingerprint density at radius 2 is 2.08 bits per heavy atom. The summed E-state index contributed by atoms with van der Waals surface area (Å²) in [5, 5.41) is 19.4. The van der Waals surface area contributed by atoms with Crippen molar-refractivity contribution in [3.63, 3.8) is 0 Å². The molecule has 0 unspecified atom stereocenters. The summed E-state index contributed by atoms with van der Waals surface area (Å²) in [5.74, 6) is -0.976. The molecule has 0 atom stereocenters. The van der Waals surface area contributed by atoms with Crippen LogP contribution < -0.4 is 9.47 Å². The number of hydrogen-bond donors (Lipinski definition) is 1. The number of rotatable bonds is 5. The van der Waals surface area contributed by atoms with Gasteiger partial charge in [-0.1, -0.05) is 12.1 Å². The highest BCUT2D eigenvalue weighted by molar-refractivity contribution is 6.14. The Labute approximate surface area is 141 Å². The minimum absolute atomic E-state index is 0.0193. The topological polar surface area (TPSA) is 116 Å². The lowest BCUT2D eigenvalue weighted by Crippen LogP contribution is -2.09. The van der Waals surface area contributed by atoms with Gasteiger partial charge in [-0.3, -0.25) is 14.9 Å². The molecule has 0 aliphatic carbocycles. The number of carboxylic acids is 1. The Bertz CT molecular complexity index is 917. The van der Waals surface area contributed by atoms with Gasteiger partial charge < -0.3 is 14.6 Å². The fraction of sp³-hybridized carbons (Fsp3) is 0.0588. The van der Waals surface area contributed by atoms with E-state index in [0.717, 1.165) is 0 Å². The molecular weight excluding hydrogens is 330 g/mol. The van der Waals surface area contributed by atoms with E-state index < -0.39 is 17.5 Å². The van der Waals surface area contributed by atoms with Gasteiger partial charge in [0.1, 0.15) is 11.5 Å². The fourth-order valence-corrected chi connectivity index (χ4v) is 2.28. The zero-order valence-electron chi connectivity index (χ0n) is 12.7. The third-order valence-corrected chi connectivity index (χ3v) is 3.38. The van der Waals surface area contributed by atoms with Crippen LogP contribution in [0.5, 0.6) is 11.5 Å². The van der Waals surface area contributed by atoms with E-state index in [1.807, 2.05) is 0 Å². The van der Waals surface area contributed by atoms with E-state index in [0.29, 0.717) is 11.1 Å². The van der Waals surface area contributed by atoms with Gasteiger partial charge in [0, 0.05) is 18.2 Å². The maximum absolute atomic E-state index is 12.3. The Morgan fingerprint density at radius 1 is 1.28 bits per heavy atom. The quantitative estimate of drug-likeness (QED) is 0.505. The van der Waals surface area contributed by atoms with Crippen molar-refractivity contribution < 1.29 is 29.1 Å². The van der Waals surface area contributed by atoms with Crippen molar-refractivity contribution >= 4 is 23.5 Å². The number of non-ortho nitro benzene ring substituents is 1. The average Bonchev–Trinajstić information content (AvgIpc) is 2.88. The summed E-state index contributed by atoms with van der Waals surface area (Å²) in [6, 6.07) is 10.2. The number of hydrogen-bond acceptors (Lipinski definition) is 6. The van der Waals surface area contributed by atoms with Crippen molar-refractivity contribution in [1.82, 2.24) is 0 Å². The molecule has 3 rings (SSSR count). The SMILES string of the molecule is O=C(O)COc1ccc2c(c1)OC(=Cc1cccc([N+](=O)[O-])c1)C2=O. The number of nitrogens with zero attached hydrogens (tertiary/aromatic N) is 1. The molecule has 126 valence electrons. The summed E-state index contributed by atoms with van der Waals surface area (Å²) < 4.78 is 10.5. The van der Waals surface area contributed by atoms with Crippen molar-refractivity contribution in [2.45, 2.75) is 0 Å². The standard InChI is InChI=1S/C17H11NO7/c19-16(20)9-24-12-4-5-13-14(8-12)25-15(17(13)21)7-10-2-1-3-11(6-10)18(22)23/h1-8H,9H2,(H,19,20). The molecule has 8 heteroatoms. The Morgan fingerprint density at radius 3 is 2.80 bits per heavy atom. The van der Waals surface area contributed by atoms with Crippen LogP contribution in [0.3, 0.4) is 0 Å². The number of ketones is 1. The minimum Gasteiger partial charge on any atom is -0.482 e. The molecule has 0 saturated heterocycles. The first-order chi connectivity index (χ1) is 11.9. The molecule has 1 heterocycles. The second-order valence-corrected chi connectivity index (χ2v) is 5.13. The lowest BCUT2D eigenvalue weighted by molar-refractivity contribution is -0.384. The largest absolute Gasteiger partial charge is 0.482 e. The number of aliphatic carboxylic acids is 1. The number of benzene rings is 2. The van der Waals surface area contributed by atoms with E-state index in [4.69, 9.17) is 14.6 Å². The van der Waals surface area contributed by atoms with Gasteiger partial charge in [0.2, 0.25) is 5.78 Å². The molecule has 2 aromatic rings. The highest BCUT2D eigenvalue weighted by Crippen LogP contribution is 2.35. The number of ether oxygens (including phenoxy) is 2. The zero-order chi connectivity index (χ0) is 18.0. The molecule has 2 aromatic carbocycles. The number of carbonyl (C=O) groups is 2. The van der Waals surface area contributed by atoms with Crippen molar-refractivity contribution in [3.8, 4) is 11.5 Å². The predicted molar refractivity (Wildman–Crippen MR) is 85.6 cm³/mol. The van der Waals surface area contributed by atoms with Gasteiger partial charge in [-0.25, -0.2) is 4.79 Å². The molecule has 1 aliphatic heterocycles. The molecule has 0 aromatic heterocycles. The molecule has 0 radical (unpaired) electrons. The summed E-state index contributed by atoms with van der Waals surface area (Å²) in [5.41, 5.74) is 0.661. The van der Waals surface area contributed by atoms with Crippen LogP contribution in [0.25, 0.3) is 6.08 Å². The van der Waals surface area contributed by atoms with E-state index in [1.165, 1.54) is 42.5 Å². The van der Waals surface area contributed by atoms with Gasteiger partial charge >= 0.3 is 5.97 Å². The van der Waals surface area contributed by atoms with Gasteiger partial charge in [-0.05, 0) is 23.8 Å². The second kappa shape index (κ2) is 6.44. The molecule has 8 nitrogen and oxygen atoms in total. The summed E-state index contributed by atoms with van der Waals surface area (Å²) in [4.78, 5) is 33.1. The number of allylic oxidation sites excluding steroid dienone is 1. The lowest BCUT2D eigenvalue weighted by Gasteiger charge is -2.04. The number of carboxylic acid groups (broad SMARTS) is 1. The van der Waals surface area contributed by atoms with Crippen molar-refractivity contribution in [2.75, 3.05) is 6.61 Å². The fourth-order valence-electron chi connectivity index (χ4n) is 2.28. The molecule has 1 aliphatic rings. The van der Waals surface area contributed by atoms with Gasteiger partial charge in [0.25, 0.3) is 5.69 Å². The smallest absolute Gasteiger partial charge is 0.341 e. The maximum Gasteiger partial charge on any atom is 0.341 e. The monoisotopic (exact) mass is 341 g/mol. The normalized spacial score (nSPS) is 14.1. The number of carbonyl (C=O) groups excluding carboxylic acids is 1. The zero-order valence-corrected chi connectivity index (χ0v) is 12.7. The van der Waals surface area contributed by atoms with E-state index in [9.17, 15) is 19.7 Å². The van der Waals surface area contributed by atoms with Crippen molar-refractivity contribution in [1.29, 1.82) is 0 Å². The molecule has 0 amide bonds. The molecule has 0 bridgehead atoms. The first kappa shape index (κ1) is 16.2. The number of nitro benzene ring substituents is 1. The summed E-state index contributed by atoms with van der Waals surface area (Å²) in [6.45, 7) is -0.511. The van der Waals surface area contributed by atoms with Crippen LogP contribution in [-0.4, -0.2) is 28.4 Å². The molecular formula is C17H11NO7. The number of fused-ring (bicyclic) bond motifs is 1. The van der Waals surface area contributed by atoms with Gasteiger partial charge in [0.15, 0.2) is 12.4 Å². The van der Waals surface area contributed by atoms with Crippen LogP contribution in [-0.2, 0) is 4.79 Å². The molecule has 0 saturated carbocycles. The Kier molecular flexibility index (Phi) is 4.17. The van der Waals surface area contributed by atoms with E-state index >= 15 is 0 Å². The third-order valence-electron chi connectivity index (χ3n) is 3.38. The average molecular weight is 341 g/mol. The van der Waals surface area contributed by atoms with E-state index in [-0.39, 0.29) is 28.7 Å². The van der Waals surface area contributed by atoms with Crippen LogP contribution in [0.1, 0.15) is 15.9 Å². The first-order valence-electron chi connectivity index (χ1n) is 7.11. The van der Waals surface area contributed by atoms with Crippen molar-refractivity contribution in [2.24, 2.45) is 0 Å². The minimum atomic E-state index is -1.12. The van der Waals surface area contributed by atoms with E-state index in [1.54, 1.807) is 6.07 Å². The molecule has 25 heavy (non-hydrogen) atoms. The van der Waals surface area contributed by atoms with Gasteiger partial charge in [-0.15, -0.1) is 0 Å². The Hall–Kier alpha value is -3.68. The third kappa shape index (κ3) is 3.47. The van der Waals surface area contributed by atoms with Crippen LogP contribution in [0.2, 0.25) is 0 Å². The Balaban J connectivity index is 1.85. The summed E-state index contributed by atoms with van der Waals surface area (Å²) >= 11 is 0. The van der Waals surface area contributed by atoms with Crippen LogP contribution in [0.15, 0.2) is 48.2 Å². The number of Topliss-reactive ketones (excluding diaryl/α,β-unsaturated/α-hetero) is 1. The van der Waals surface area contributed by atoms with Gasteiger partial charge in [-0.2, -0.15) is 0 Å².